The molecule has 3 heterocycles. The molecule has 6 nitrogen and oxygen atoms in total. The van der Waals surface area contributed by atoms with E-state index in [0.717, 1.165) is 19.3 Å². The summed E-state index contributed by atoms with van der Waals surface area (Å²) in [5.74, 6) is -0.0853. The molecule has 132 valence electrons. The van der Waals surface area contributed by atoms with Crippen LogP contribution in [0, 0.1) is 5.41 Å². The maximum atomic E-state index is 12.6. The van der Waals surface area contributed by atoms with Crippen molar-refractivity contribution in [3.8, 4) is 0 Å². The zero-order valence-electron chi connectivity index (χ0n) is 13.6. The molecule has 8 heteroatoms. The second kappa shape index (κ2) is 6.19. The van der Waals surface area contributed by atoms with Gasteiger partial charge in [-0.15, -0.1) is 11.3 Å². The Bertz CT molecular complexity index is 858. The van der Waals surface area contributed by atoms with E-state index in [2.05, 4.69) is 10.3 Å². The van der Waals surface area contributed by atoms with Gasteiger partial charge in [-0.3, -0.25) is 9.78 Å². The summed E-state index contributed by atoms with van der Waals surface area (Å²) in [6, 6.07) is 6.94. The van der Waals surface area contributed by atoms with Crippen LogP contribution in [0.25, 0.3) is 0 Å². The summed E-state index contributed by atoms with van der Waals surface area (Å²) >= 11 is 1.25. The minimum absolute atomic E-state index is 0.0597. The lowest BCUT2D eigenvalue weighted by molar-refractivity contribution is 0.0940. The SMILES string of the molecule is O=C(NC1CC12CCN(S(=O)(=O)c1cccs1)CC2)c1ccncc1. The molecule has 1 atom stereocenters. The molecule has 2 aromatic heterocycles. The number of hydrogen-bond acceptors (Lipinski definition) is 5. The van der Waals surface area contributed by atoms with Crippen LogP contribution < -0.4 is 5.32 Å². The number of hydrogen-bond donors (Lipinski definition) is 1. The third-order valence-corrected chi connectivity index (χ3v) is 8.52. The topological polar surface area (TPSA) is 79.4 Å². The van der Waals surface area contributed by atoms with E-state index in [1.54, 1.807) is 46.3 Å². The third kappa shape index (κ3) is 3.09. The monoisotopic (exact) mass is 377 g/mol. The van der Waals surface area contributed by atoms with E-state index in [0.29, 0.717) is 22.9 Å². The number of piperidine rings is 1. The van der Waals surface area contributed by atoms with Crippen LogP contribution in [0.15, 0.2) is 46.2 Å². The van der Waals surface area contributed by atoms with Crippen LogP contribution in [0.5, 0.6) is 0 Å². The number of rotatable bonds is 4. The molecule has 2 aromatic rings. The van der Waals surface area contributed by atoms with Crippen molar-refractivity contribution in [2.75, 3.05) is 13.1 Å². The average Bonchev–Trinajstić information content (AvgIpc) is 3.04. The van der Waals surface area contributed by atoms with Crippen molar-refractivity contribution in [1.82, 2.24) is 14.6 Å². The predicted octanol–water partition coefficient (Wildman–Crippen LogP) is 2.12. The van der Waals surface area contributed by atoms with Gasteiger partial charge in [0.2, 0.25) is 0 Å². The van der Waals surface area contributed by atoms with Gasteiger partial charge in [0, 0.05) is 37.1 Å². The number of carbonyl (C=O) groups excluding carboxylic acids is 1. The minimum Gasteiger partial charge on any atom is -0.349 e. The molecule has 2 fully saturated rings. The summed E-state index contributed by atoms with van der Waals surface area (Å²) in [5, 5.41) is 4.86. The minimum atomic E-state index is -3.37. The van der Waals surface area contributed by atoms with Gasteiger partial charge in [0.15, 0.2) is 0 Å². The lowest BCUT2D eigenvalue weighted by Gasteiger charge is -2.31. The number of nitrogens with zero attached hydrogens (tertiary/aromatic N) is 2. The van der Waals surface area contributed by atoms with E-state index in [1.807, 2.05) is 0 Å². The maximum absolute atomic E-state index is 12.6. The molecule has 1 aliphatic heterocycles. The standard InChI is InChI=1S/C17H19N3O3S2/c21-16(13-3-7-18-8-4-13)19-14-12-17(14)5-9-20(10-6-17)25(22,23)15-2-1-11-24-15/h1-4,7-8,11,14H,5-6,9-10,12H2,(H,19,21). The fourth-order valence-electron chi connectivity index (χ4n) is 3.56. The highest BCUT2D eigenvalue weighted by atomic mass is 32.2. The summed E-state index contributed by atoms with van der Waals surface area (Å²) in [6.07, 6.45) is 5.71. The number of sulfonamides is 1. The van der Waals surface area contributed by atoms with Crippen molar-refractivity contribution in [3.63, 3.8) is 0 Å². The van der Waals surface area contributed by atoms with E-state index in [-0.39, 0.29) is 17.4 Å². The van der Waals surface area contributed by atoms with Gasteiger partial charge in [0.05, 0.1) is 0 Å². The van der Waals surface area contributed by atoms with Crippen LogP contribution in [-0.4, -0.2) is 42.7 Å². The highest BCUT2D eigenvalue weighted by molar-refractivity contribution is 7.91. The second-order valence-electron chi connectivity index (χ2n) is 6.66. The Kier molecular flexibility index (Phi) is 4.13. The molecule has 1 spiro atoms. The molecule has 1 N–H and O–H groups in total. The fraction of sp³-hybridized carbons (Fsp3) is 0.412. The number of aromatic nitrogens is 1. The van der Waals surface area contributed by atoms with Gasteiger partial charge in [-0.05, 0) is 48.3 Å². The number of pyridine rings is 1. The van der Waals surface area contributed by atoms with Crippen LogP contribution in [0.3, 0.4) is 0 Å². The van der Waals surface area contributed by atoms with Gasteiger partial charge in [-0.1, -0.05) is 6.07 Å². The fourth-order valence-corrected chi connectivity index (χ4v) is 6.14. The molecule has 1 saturated heterocycles. The molecular formula is C17H19N3O3S2. The van der Waals surface area contributed by atoms with Crippen LogP contribution in [0.4, 0.5) is 0 Å². The Morgan fingerprint density at radius 1 is 1.24 bits per heavy atom. The van der Waals surface area contributed by atoms with E-state index >= 15 is 0 Å². The molecule has 2 aliphatic rings. The first kappa shape index (κ1) is 16.7. The van der Waals surface area contributed by atoms with Gasteiger partial charge in [0.25, 0.3) is 15.9 Å². The van der Waals surface area contributed by atoms with Crippen molar-refractivity contribution in [1.29, 1.82) is 0 Å². The van der Waals surface area contributed by atoms with E-state index in [1.165, 1.54) is 11.3 Å². The number of amides is 1. The zero-order chi connectivity index (χ0) is 17.5. The van der Waals surface area contributed by atoms with Crippen molar-refractivity contribution >= 4 is 27.3 Å². The first-order valence-corrected chi connectivity index (χ1v) is 10.6. The first-order valence-electron chi connectivity index (χ1n) is 8.26. The highest BCUT2D eigenvalue weighted by Gasteiger charge is 2.56. The molecule has 4 rings (SSSR count). The summed E-state index contributed by atoms with van der Waals surface area (Å²) < 4.78 is 27.1. The highest BCUT2D eigenvalue weighted by Crippen LogP contribution is 2.54. The second-order valence-corrected chi connectivity index (χ2v) is 9.78. The molecule has 1 saturated carbocycles. The molecule has 0 radical (unpaired) electrons. The Morgan fingerprint density at radius 3 is 2.60 bits per heavy atom. The normalized spacial score (nSPS) is 22.6. The molecule has 1 amide bonds. The van der Waals surface area contributed by atoms with Crippen molar-refractivity contribution in [3.05, 3.63) is 47.6 Å². The molecular weight excluding hydrogens is 358 g/mol. The Labute approximate surface area is 150 Å². The van der Waals surface area contributed by atoms with Gasteiger partial charge in [0.1, 0.15) is 4.21 Å². The summed E-state index contributed by atoms with van der Waals surface area (Å²) in [7, 11) is -3.37. The quantitative estimate of drug-likeness (QED) is 0.885. The molecule has 25 heavy (non-hydrogen) atoms. The van der Waals surface area contributed by atoms with Gasteiger partial charge < -0.3 is 5.32 Å². The first-order chi connectivity index (χ1) is 12.0. The van der Waals surface area contributed by atoms with E-state index in [4.69, 9.17) is 0 Å². The lowest BCUT2D eigenvalue weighted by atomic mass is 9.94. The predicted molar refractivity (Wildman–Crippen MR) is 94.9 cm³/mol. The number of nitrogens with one attached hydrogen (secondary N) is 1. The zero-order valence-corrected chi connectivity index (χ0v) is 15.2. The van der Waals surface area contributed by atoms with Crippen LogP contribution >= 0.6 is 11.3 Å². The van der Waals surface area contributed by atoms with Crippen LogP contribution in [0.2, 0.25) is 0 Å². The summed E-state index contributed by atoms with van der Waals surface area (Å²) in [4.78, 5) is 16.2. The Balaban J connectivity index is 1.36. The van der Waals surface area contributed by atoms with Gasteiger partial charge >= 0.3 is 0 Å². The van der Waals surface area contributed by atoms with Gasteiger partial charge in [-0.2, -0.15) is 4.31 Å². The van der Waals surface area contributed by atoms with Crippen molar-refractivity contribution < 1.29 is 13.2 Å². The Morgan fingerprint density at radius 2 is 1.96 bits per heavy atom. The van der Waals surface area contributed by atoms with Crippen LogP contribution in [0.1, 0.15) is 29.6 Å². The van der Waals surface area contributed by atoms with Crippen molar-refractivity contribution in [2.24, 2.45) is 5.41 Å². The lowest BCUT2D eigenvalue weighted by Crippen LogP contribution is -2.41. The van der Waals surface area contributed by atoms with E-state index < -0.39 is 10.0 Å². The third-order valence-electron chi connectivity index (χ3n) is 5.24. The average molecular weight is 377 g/mol. The maximum Gasteiger partial charge on any atom is 0.252 e. The molecule has 0 bridgehead atoms. The smallest absolute Gasteiger partial charge is 0.252 e. The van der Waals surface area contributed by atoms with E-state index in [9.17, 15) is 13.2 Å². The summed E-state index contributed by atoms with van der Waals surface area (Å²) in [6.45, 7) is 1.03. The molecule has 1 aliphatic carbocycles. The summed E-state index contributed by atoms with van der Waals surface area (Å²) in [5.41, 5.74) is 0.666. The van der Waals surface area contributed by atoms with Crippen molar-refractivity contribution in [2.45, 2.75) is 29.5 Å². The van der Waals surface area contributed by atoms with Crippen LogP contribution in [-0.2, 0) is 10.0 Å². The van der Waals surface area contributed by atoms with Gasteiger partial charge in [-0.25, -0.2) is 8.42 Å². The Hall–Kier alpha value is -1.77. The molecule has 0 aromatic carbocycles. The number of carbonyl (C=O) groups is 1. The largest absolute Gasteiger partial charge is 0.349 e. The number of thiophene rings is 1. The molecule has 1 unspecified atom stereocenters.